The molecule has 1 aliphatic carbocycles. The van der Waals surface area contributed by atoms with Gasteiger partial charge in [-0.25, -0.2) is 0 Å². The van der Waals surface area contributed by atoms with Crippen molar-refractivity contribution in [1.29, 1.82) is 0 Å². The number of hydrogen-bond acceptors (Lipinski definition) is 6. The maximum absolute atomic E-state index is 13.1. The van der Waals surface area contributed by atoms with E-state index in [1.807, 2.05) is 43.4 Å². The van der Waals surface area contributed by atoms with Gasteiger partial charge in [0.1, 0.15) is 0 Å². The summed E-state index contributed by atoms with van der Waals surface area (Å²) >= 11 is 0. The Morgan fingerprint density at radius 3 is 2.54 bits per heavy atom. The number of likely N-dealkylation sites (tertiary alicyclic amines) is 1. The highest BCUT2D eigenvalue weighted by molar-refractivity contribution is 5.98. The van der Waals surface area contributed by atoms with Gasteiger partial charge in [-0.05, 0) is 70.8 Å². The maximum atomic E-state index is 13.1. The number of aliphatic hydroxyl groups is 1. The van der Waals surface area contributed by atoms with Crippen LogP contribution in [0.5, 0.6) is 0 Å². The summed E-state index contributed by atoms with van der Waals surface area (Å²) in [6.07, 6.45) is 15.9. The van der Waals surface area contributed by atoms with E-state index >= 15 is 0 Å². The van der Waals surface area contributed by atoms with Crippen molar-refractivity contribution in [2.24, 2.45) is 0 Å². The lowest BCUT2D eigenvalue weighted by Gasteiger charge is -2.24. The van der Waals surface area contributed by atoms with Crippen molar-refractivity contribution >= 4 is 5.91 Å². The average Bonchev–Trinajstić information content (AvgIpc) is 3.37. The molecule has 3 N–H and O–H groups in total. The van der Waals surface area contributed by atoms with Gasteiger partial charge in [0, 0.05) is 44.1 Å². The molecule has 0 spiro atoms. The number of carbonyl (C=O) groups excluding carboxylic acids is 1. The van der Waals surface area contributed by atoms with Gasteiger partial charge in [0.15, 0.2) is 5.88 Å². The minimum absolute atomic E-state index is 0.0961. The standard InChI is InChI=1S/C28H43N5O2/c1-7-24-21-25(14-15-26(24)29-23(4)34)30-28(35)22(3)27(33-17-11-12-18-33)13-9-10-16-32(6)20-19-31(5)8-2/h7,9-10,13-15,21,26,29,34H,3-4,8,11-12,16-20H2,1-2,5-6H3,(H,30,35)/b10-9+,24-7+,27-13+. The summed E-state index contributed by atoms with van der Waals surface area (Å²) in [5.74, 6) is -0.318. The first-order valence-corrected chi connectivity index (χ1v) is 12.4. The molecule has 1 saturated heterocycles. The summed E-state index contributed by atoms with van der Waals surface area (Å²) in [4.78, 5) is 19.9. The molecular weight excluding hydrogens is 438 g/mol. The lowest BCUT2D eigenvalue weighted by Crippen LogP contribution is -2.33. The van der Waals surface area contributed by atoms with Crippen LogP contribution >= 0.6 is 0 Å². The van der Waals surface area contributed by atoms with Gasteiger partial charge < -0.3 is 30.4 Å². The SMILES string of the molecule is C=C(O)NC1C=CC(NC(=O)C(=C)/C(=C\C=C\CN(C)CCN(C)CC)N2CCCC2)=C/C1=C\C. The van der Waals surface area contributed by atoms with Crippen molar-refractivity contribution in [1.82, 2.24) is 25.3 Å². The van der Waals surface area contributed by atoms with Crippen LogP contribution in [0.25, 0.3) is 0 Å². The molecule has 1 fully saturated rings. The molecule has 0 radical (unpaired) electrons. The van der Waals surface area contributed by atoms with E-state index in [0.29, 0.717) is 11.3 Å². The third-order valence-electron chi connectivity index (χ3n) is 6.30. The van der Waals surface area contributed by atoms with Crippen LogP contribution in [0, 0.1) is 0 Å². The third kappa shape index (κ3) is 9.26. The summed E-state index contributed by atoms with van der Waals surface area (Å²) in [6, 6.07) is -0.188. The van der Waals surface area contributed by atoms with E-state index in [0.717, 1.165) is 63.4 Å². The van der Waals surface area contributed by atoms with Gasteiger partial charge in [0.2, 0.25) is 0 Å². The van der Waals surface area contributed by atoms with E-state index in [1.165, 1.54) is 0 Å². The van der Waals surface area contributed by atoms with Gasteiger partial charge >= 0.3 is 0 Å². The number of allylic oxidation sites excluding steroid dienone is 4. The van der Waals surface area contributed by atoms with Crippen molar-refractivity contribution < 1.29 is 9.90 Å². The predicted octanol–water partition coefficient (Wildman–Crippen LogP) is 3.47. The molecule has 0 bridgehead atoms. The van der Waals surface area contributed by atoms with Crippen LogP contribution in [0.3, 0.4) is 0 Å². The minimum atomic E-state index is -0.222. The Hall–Kier alpha value is -3.03. The highest BCUT2D eigenvalue weighted by atomic mass is 16.3. The molecule has 7 heteroatoms. The van der Waals surface area contributed by atoms with Gasteiger partial charge in [-0.15, -0.1) is 0 Å². The van der Waals surface area contributed by atoms with Gasteiger partial charge in [-0.1, -0.05) is 37.8 Å². The van der Waals surface area contributed by atoms with Crippen LogP contribution in [-0.4, -0.2) is 85.1 Å². The van der Waals surface area contributed by atoms with Crippen molar-refractivity contribution in [2.45, 2.75) is 32.7 Å². The Balaban J connectivity index is 2.04. The maximum Gasteiger partial charge on any atom is 0.257 e. The molecular formula is C28H43N5O2. The molecule has 0 aromatic heterocycles. The second kappa shape index (κ2) is 14.4. The number of hydrogen-bond donors (Lipinski definition) is 3. The van der Waals surface area contributed by atoms with Crippen molar-refractivity contribution in [3.63, 3.8) is 0 Å². The second-order valence-electron chi connectivity index (χ2n) is 9.08. The third-order valence-corrected chi connectivity index (χ3v) is 6.30. The van der Waals surface area contributed by atoms with Crippen LogP contribution in [0.15, 0.2) is 84.1 Å². The molecule has 7 nitrogen and oxygen atoms in total. The normalized spacial score (nSPS) is 19.7. The molecule has 0 aromatic carbocycles. The molecule has 0 aromatic rings. The second-order valence-corrected chi connectivity index (χ2v) is 9.08. The number of aliphatic hydroxyl groups excluding tert-OH is 1. The molecule has 1 heterocycles. The highest BCUT2D eigenvalue weighted by Crippen LogP contribution is 2.22. The largest absolute Gasteiger partial charge is 0.495 e. The zero-order chi connectivity index (χ0) is 25.8. The van der Waals surface area contributed by atoms with E-state index in [9.17, 15) is 9.90 Å². The zero-order valence-corrected chi connectivity index (χ0v) is 21.9. The van der Waals surface area contributed by atoms with Gasteiger partial charge in [0.25, 0.3) is 5.91 Å². The van der Waals surface area contributed by atoms with Gasteiger partial charge in [0.05, 0.1) is 11.6 Å². The Bertz CT molecular complexity index is 906. The fraction of sp³-hybridized carbons (Fsp3) is 0.464. The summed E-state index contributed by atoms with van der Waals surface area (Å²) in [7, 11) is 4.25. The van der Waals surface area contributed by atoms with E-state index in [-0.39, 0.29) is 17.8 Å². The Kier molecular flexibility index (Phi) is 11.6. The lowest BCUT2D eigenvalue weighted by molar-refractivity contribution is -0.116. The molecule has 1 unspecified atom stereocenters. The molecule has 35 heavy (non-hydrogen) atoms. The molecule has 2 aliphatic rings. The van der Waals surface area contributed by atoms with E-state index in [2.05, 4.69) is 65.6 Å². The van der Waals surface area contributed by atoms with Crippen molar-refractivity contribution in [3.8, 4) is 0 Å². The van der Waals surface area contributed by atoms with Crippen LogP contribution < -0.4 is 10.6 Å². The van der Waals surface area contributed by atoms with Crippen molar-refractivity contribution in [3.05, 3.63) is 84.1 Å². The fourth-order valence-electron chi connectivity index (χ4n) is 3.95. The first-order chi connectivity index (χ1) is 16.7. The van der Waals surface area contributed by atoms with Crippen LogP contribution in [-0.2, 0) is 4.79 Å². The predicted molar refractivity (Wildman–Crippen MR) is 146 cm³/mol. The Morgan fingerprint density at radius 1 is 1.23 bits per heavy atom. The van der Waals surface area contributed by atoms with E-state index < -0.39 is 0 Å². The quantitative estimate of drug-likeness (QED) is 0.213. The summed E-state index contributed by atoms with van der Waals surface area (Å²) < 4.78 is 0. The van der Waals surface area contributed by atoms with E-state index in [1.54, 1.807) is 0 Å². The number of nitrogens with one attached hydrogen (secondary N) is 2. The lowest BCUT2D eigenvalue weighted by atomic mass is 10.00. The summed E-state index contributed by atoms with van der Waals surface area (Å²) in [6.45, 7) is 17.5. The number of rotatable bonds is 13. The highest BCUT2D eigenvalue weighted by Gasteiger charge is 2.22. The topological polar surface area (TPSA) is 71.1 Å². The monoisotopic (exact) mass is 481 g/mol. The Labute approximate surface area is 211 Å². The Morgan fingerprint density at radius 2 is 1.91 bits per heavy atom. The molecule has 2 rings (SSSR count). The molecule has 1 amide bonds. The van der Waals surface area contributed by atoms with E-state index in [4.69, 9.17) is 0 Å². The average molecular weight is 482 g/mol. The number of nitrogens with zero attached hydrogens (tertiary/aromatic N) is 3. The zero-order valence-electron chi connectivity index (χ0n) is 21.9. The molecule has 0 saturated carbocycles. The van der Waals surface area contributed by atoms with Crippen molar-refractivity contribution in [2.75, 3.05) is 53.4 Å². The smallest absolute Gasteiger partial charge is 0.257 e. The number of carbonyl (C=O) groups is 1. The summed E-state index contributed by atoms with van der Waals surface area (Å²) in [5, 5.41) is 15.3. The fourth-order valence-corrected chi connectivity index (χ4v) is 3.95. The minimum Gasteiger partial charge on any atom is -0.495 e. The van der Waals surface area contributed by atoms with Gasteiger partial charge in [-0.2, -0.15) is 0 Å². The first-order valence-electron chi connectivity index (χ1n) is 12.4. The molecule has 1 atom stereocenters. The summed E-state index contributed by atoms with van der Waals surface area (Å²) in [5.41, 5.74) is 2.93. The van der Waals surface area contributed by atoms with Crippen LogP contribution in [0.2, 0.25) is 0 Å². The number of likely N-dealkylation sites (N-methyl/N-ethyl adjacent to an activating group) is 2. The van der Waals surface area contributed by atoms with Crippen LogP contribution in [0.4, 0.5) is 0 Å². The molecule has 192 valence electrons. The number of amides is 1. The first kappa shape index (κ1) is 28.2. The van der Waals surface area contributed by atoms with Gasteiger partial charge in [-0.3, -0.25) is 4.79 Å². The molecule has 1 aliphatic heterocycles. The van der Waals surface area contributed by atoms with Crippen LogP contribution in [0.1, 0.15) is 26.7 Å².